The molecule has 7 heteroatoms. The van der Waals surface area contributed by atoms with Gasteiger partial charge in [0.25, 0.3) is 0 Å². The van der Waals surface area contributed by atoms with Crippen LogP contribution in [0.1, 0.15) is 43.0 Å². The molecule has 0 N–H and O–H groups in total. The molecular weight excluding hydrogens is 447 g/mol. The molecule has 0 aromatic heterocycles. The molecule has 2 aliphatic rings. The molecule has 2 aliphatic heterocycles. The lowest BCUT2D eigenvalue weighted by atomic mass is 9.90. The predicted octanol–water partition coefficient (Wildman–Crippen LogP) is 5.14. The second-order valence-corrected chi connectivity index (χ2v) is 9.31. The SMILES string of the molecule is CCCC(CN1CCOCC1)N1C(=O)CO[C@H](c2ccc(Cl)cc2)[C@@H]1c1ccc(Cl)cc1. The van der Waals surface area contributed by atoms with E-state index in [1.165, 1.54) is 0 Å². The van der Waals surface area contributed by atoms with Crippen molar-refractivity contribution >= 4 is 29.1 Å². The number of carbonyl (C=O) groups excluding carboxylic acids is 1. The van der Waals surface area contributed by atoms with Crippen LogP contribution in [0.5, 0.6) is 0 Å². The normalized spacial score (nSPS) is 23.3. The zero-order chi connectivity index (χ0) is 22.5. The standard InChI is InChI=1S/C25H30Cl2N2O3/c1-2-3-22(16-28-12-14-31-15-13-28)29-23(30)17-32-25(19-6-10-21(27)11-7-19)24(29)18-4-8-20(26)9-5-18/h4-11,22,24-25H,2-3,12-17H2,1H3/t22?,24-,25+/m0/s1. The fraction of sp³-hybridized carbons (Fsp3) is 0.480. The van der Waals surface area contributed by atoms with E-state index >= 15 is 0 Å². The fourth-order valence-corrected chi connectivity index (χ4v) is 4.97. The molecule has 5 nitrogen and oxygen atoms in total. The molecule has 2 aromatic rings. The molecule has 2 aromatic carbocycles. The summed E-state index contributed by atoms with van der Waals surface area (Å²) < 4.78 is 11.7. The Morgan fingerprint density at radius 2 is 1.56 bits per heavy atom. The van der Waals surface area contributed by atoms with Gasteiger partial charge in [0.1, 0.15) is 12.7 Å². The topological polar surface area (TPSA) is 42.0 Å². The summed E-state index contributed by atoms with van der Waals surface area (Å²) in [5, 5.41) is 1.35. The van der Waals surface area contributed by atoms with Gasteiger partial charge in [-0.15, -0.1) is 0 Å². The van der Waals surface area contributed by atoms with Gasteiger partial charge in [-0.1, -0.05) is 60.8 Å². The van der Waals surface area contributed by atoms with Gasteiger partial charge >= 0.3 is 0 Å². The molecular formula is C25H30Cl2N2O3. The van der Waals surface area contributed by atoms with Crippen molar-refractivity contribution in [3.8, 4) is 0 Å². The third kappa shape index (κ3) is 5.46. The molecule has 172 valence electrons. The molecule has 0 bridgehead atoms. The Morgan fingerprint density at radius 3 is 2.16 bits per heavy atom. The van der Waals surface area contributed by atoms with Crippen molar-refractivity contribution in [1.82, 2.24) is 9.80 Å². The summed E-state index contributed by atoms with van der Waals surface area (Å²) in [7, 11) is 0. The number of rotatable bonds is 7. The summed E-state index contributed by atoms with van der Waals surface area (Å²) in [5.41, 5.74) is 2.03. The van der Waals surface area contributed by atoms with Crippen molar-refractivity contribution in [2.45, 2.75) is 38.0 Å². The van der Waals surface area contributed by atoms with Gasteiger partial charge in [0.05, 0.1) is 19.3 Å². The highest BCUT2D eigenvalue weighted by atomic mass is 35.5. The third-order valence-corrected chi connectivity index (χ3v) is 6.76. The third-order valence-electron chi connectivity index (χ3n) is 6.26. The van der Waals surface area contributed by atoms with E-state index in [4.69, 9.17) is 32.7 Å². The van der Waals surface area contributed by atoms with E-state index < -0.39 is 0 Å². The minimum atomic E-state index is -0.282. The highest BCUT2D eigenvalue weighted by Gasteiger charge is 2.42. The van der Waals surface area contributed by atoms with Crippen LogP contribution in [0.3, 0.4) is 0 Å². The molecule has 1 unspecified atom stereocenters. The maximum absolute atomic E-state index is 13.3. The maximum Gasteiger partial charge on any atom is 0.249 e. The van der Waals surface area contributed by atoms with E-state index in [2.05, 4.69) is 16.7 Å². The van der Waals surface area contributed by atoms with Crippen LogP contribution < -0.4 is 0 Å². The van der Waals surface area contributed by atoms with Crippen LogP contribution in [0, 0.1) is 0 Å². The van der Waals surface area contributed by atoms with Gasteiger partial charge in [-0.2, -0.15) is 0 Å². The minimum absolute atomic E-state index is 0.0295. The first-order valence-corrected chi connectivity index (χ1v) is 12.1. The van der Waals surface area contributed by atoms with Crippen molar-refractivity contribution in [3.63, 3.8) is 0 Å². The lowest BCUT2D eigenvalue weighted by Crippen LogP contribution is -2.55. The van der Waals surface area contributed by atoms with Gasteiger partial charge in [0.2, 0.25) is 5.91 Å². The molecule has 0 radical (unpaired) electrons. The molecule has 3 atom stereocenters. The van der Waals surface area contributed by atoms with Gasteiger partial charge in [-0.25, -0.2) is 0 Å². The highest BCUT2D eigenvalue weighted by Crippen LogP contribution is 2.42. The number of halogens is 2. The van der Waals surface area contributed by atoms with Gasteiger partial charge < -0.3 is 14.4 Å². The number of benzene rings is 2. The predicted molar refractivity (Wildman–Crippen MR) is 127 cm³/mol. The van der Waals surface area contributed by atoms with E-state index in [1.807, 2.05) is 48.5 Å². The first kappa shape index (κ1) is 23.5. The van der Waals surface area contributed by atoms with Crippen molar-refractivity contribution in [1.29, 1.82) is 0 Å². The zero-order valence-electron chi connectivity index (χ0n) is 18.4. The van der Waals surface area contributed by atoms with Crippen molar-refractivity contribution in [2.24, 2.45) is 0 Å². The average molecular weight is 477 g/mol. The van der Waals surface area contributed by atoms with Crippen molar-refractivity contribution in [3.05, 3.63) is 69.7 Å². The number of ether oxygens (including phenoxy) is 2. The Hall–Kier alpha value is -1.63. The number of hydrogen-bond acceptors (Lipinski definition) is 4. The number of hydrogen-bond donors (Lipinski definition) is 0. The quantitative estimate of drug-likeness (QED) is 0.554. The summed E-state index contributed by atoms with van der Waals surface area (Å²) in [5.74, 6) is 0.0295. The molecule has 0 spiro atoms. The molecule has 2 saturated heterocycles. The van der Waals surface area contributed by atoms with E-state index in [0.717, 1.165) is 56.8 Å². The van der Waals surface area contributed by atoms with Gasteiger partial charge in [-0.3, -0.25) is 9.69 Å². The lowest BCUT2D eigenvalue weighted by Gasteiger charge is -2.47. The van der Waals surface area contributed by atoms with Crippen LogP contribution >= 0.6 is 23.2 Å². The molecule has 32 heavy (non-hydrogen) atoms. The Bertz CT molecular complexity index is 885. The molecule has 0 saturated carbocycles. The Labute approximate surface area is 200 Å². The summed E-state index contributed by atoms with van der Waals surface area (Å²) >= 11 is 12.3. The van der Waals surface area contributed by atoms with Crippen LogP contribution in [-0.2, 0) is 14.3 Å². The minimum Gasteiger partial charge on any atom is -0.379 e. The zero-order valence-corrected chi connectivity index (χ0v) is 19.9. The Kier molecular flexibility index (Phi) is 8.08. The largest absolute Gasteiger partial charge is 0.379 e. The van der Waals surface area contributed by atoms with E-state index in [-0.39, 0.29) is 30.7 Å². The highest BCUT2D eigenvalue weighted by molar-refractivity contribution is 6.30. The molecule has 0 aliphatic carbocycles. The van der Waals surface area contributed by atoms with Crippen LogP contribution in [-0.4, -0.2) is 61.2 Å². The van der Waals surface area contributed by atoms with Crippen LogP contribution in [0.15, 0.2) is 48.5 Å². The fourth-order valence-electron chi connectivity index (χ4n) is 4.72. The van der Waals surface area contributed by atoms with Gasteiger partial charge in [0.15, 0.2) is 0 Å². The van der Waals surface area contributed by atoms with Gasteiger partial charge in [0, 0.05) is 35.7 Å². The van der Waals surface area contributed by atoms with Crippen LogP contribution in [0.4, 0.5) is 0 Å². The Morgan fingerprint density at radius 1 is 0.969 bits per heavy atom. The van der Waals surface area contributed by atoms with Crippen molar-refractivity contribution in [2.75, 3.05) is 39.5 Å². The average Bonchev–Trinajstić information content (AvgIpc) is 2.81. The first-order valence-electron chi connectivity index (χ1n) is 11.3. The molecule has 1 amide bonds. The number of amides is 1. The number of nitrogens with zero attached hydrogens (tertiary/aromatic N) is 2. The summed E-state index contributed by atoms with van der Waals surface area (Å²) in [6.07, 6.45) is 1.65. The second-order valence-electron chi connectivity index (χ2n) is 8.44. The molecule has 2 fully saturated rings. The van der Waals surface area contributed by atoms with E-state index in [1.54, 1.807) is 0 Å². The smallest absolute Gasteiger partial charge is 0.249 e. The van der Waals surface area contributed by atoms with E-state index in [0.29, 0.717) is 10.0 Å². The monoisotopic (exact) mass is 476 g/mol. The van der Waals surface area contributed by atoms with Crippen molar-refractivity contribution < 1.29 is 14.3 Å². The second kappa shape index (κ2) is 11.0. The molecule has 4 rings (SSSR count). The summed E-state index contributed by atoms with van der Waals surface area (Å²) in [6.45, 7) is 6.34. The molecule has 2 heterocycles. The van der Waals surface area contributed by atoms with Gasteiger partial charge in [-0.05, 0) is 41.8 Å². The summed E-state index contributed by atoms with van der Waals surface area (Å²) in [4.78, 5) is 17.8. The number of morpholine rings is 2. The first-order chi connectivity index (χ1) is 15.6. The maximum atomic E-state index is 13.3. The van der Waals surface area contributed by atoms with Crippen LogP contribution in [0.2, 0.25) is 10.0 Å². The van der Waals surface area contributed by atoms with Crippen LogP contribution in [0.25, 0.3) is 0 Å². The Balaban J connectivity index is 1.72. The lowest BCUT2D eigenvalue weighted by molar-refractivity contribution is -0.164. The summed E-state index contributed by atoms with van der Waals surface area (Å²) in [6, 6.07) is 15.3. The van der Waals surface area contributed by atoms with E-state index in [9.17, 15) is 4.79 Å². The number of carbonyl (C=O) groups is 1.